The first-order valence-corrected chi connectivity index (χ1v) is 8.36. The van der Waals surface area contributed by atoms with Crippen LogP contribution in [-0.2, 0) is 4.79 Å². The molecule has 0 saturated heterocycles. The monoisotopic (exact) mass is 389 g/mol. The van der Waals surface area contributed by atoms with Gasteiger partial charge in [0.25, 0.3) is 0 Å². The quantitative estimate of drug-likeness (QED) is 0.714. The van der Waals surface area contributed by atoms with Gasteiger partial charge >= 0.3 is 0 Å². The summed E-state index contributed by atoms with van der Waals surface area (Å²) < 4.78 is 11.9. The van der Waals surface area contributed by atoms with E-state index in [9.17, 15) is 4.79 Å². The molecule has 24 heavy (non-hydrogen) atoms. The van der Waals surface area contributed by atoms with E-state index >= 15 is 0 Å². The van der Waals surface area contributed by atoms with Crippen molar-refractivity contribution in [2.75, 3.05) is 12.4 Å². The molecule has 2 aromatic rings. The molecule has 0 aliphatic carbocycles. The Morgan fingerprint density at radius 2 is 1.96 bits per heavy atom. The Kier molecular flexibility index (Phi) is 6.44. The number of methoxy groups -OCH3 is 1. The van der Waals surface area contributed by atoms with Crippen LogP contribution in [0.1, 0.15) is 19.4 Å². The largest absolute Gasteiger partial charge is 0.493 e. The molecule has 0 aliphatic heterocycles. The van der Waals surface area contributed by atoms with Crippen molar-refractivity contribution in [3.8, 4) is 11.5 Å². The molecular formula is C19H20BrNO3. The molecular weight excluding hydrogens is 370 g/mol. The molecule has 0 unspecified atom stereocenters. The molecule has 0 radical (unpaired) electrons. The lowest BCUT2D eigenvalue weighted by molar-refractivity contribution is -0.111. The Bertz CT molecular complexity index is 741. The van der Waals surface area contributed by atoms with Gasteiger partial charge in [0.2, 0.25) is 5.91 Å². The van der Waals surface area contributed by atoms with Gasteiger partial charge < -0.3 is 14.8 Å². The predicted molar refractivity (Wildman–Crippen MR) is 101 cm³/mol. The first kappa shape index (κ1) is 18.1. The third-order valence-corrected chi connectivity index (χ3v) is 3.56. The number of benzene rings is 2. The number of halogens is 1. The van der Waals surface area contributed by atoms with Crippen LogP contribution in [0.25, 0.3) is 6.08 Å². The molecule has 5 heteroatoms. The first-order chi connectivity index (χ1) is 11.5. The molecule has 2 aromatic carbocycles. The highest BCUT2D eigenvalue weighted by Gasteiger charge is 2.06. The zero-order valence-corrected chi connectivity index (χ0v) is 15.5. The molecule has 0 atom stereocenters. The number of rotatable bonds is 6. The fourth-order valence-electron chi connectivity index (χ4n) is 2.06. The van der Waals surface area contributed by atoms with E-state index in [2.05, 4.69) is 21.2 Å². The molecule has 0 saturated carbocycles. The summed E-state index contributed by atoms with van der Waals surface area (Å²) in [4.78, 5) is 12.0. The maximum absolute atomic E-state index is 12.0. The van der Waals surface area contributed by atoms with Crippen LogP contribution in [0, 0.1) is 0 Å². The lowest BCUT2D eigenvalue weighted by Gasteiger charge is -2.13. The summed E-state index contributed by atoms with van der Waals surface area (Å²) in [5.41, 5.74) is 1.59. The Labute approximate surface area is 150 Å². The summed E-state index contributed by atoms with van der Waals surface area (Å²) in [6, 6.07) is 13.0. The van der Waals surface area contributed by atoms with Gasteiger partial charge in [0.1, 0.15) is 0 Å². The Morgan fingerprint density at radius 3 is 2.62 bits per heavy atom. The summed E-state index contributed by atoms with van der Waals surface area (Å²) >= 11 is 3.37. The van der Waals surface area contributed by atoms with Crippen LogP contribution >= 0.6 is 15.9 Å². The standard InChI is InChI=1S/C19H20BrNO3/c1-13(2)24-17-9-7-14(11-18(17)23-3)8-10-19(22)21-16-6-4-5-15(20)12-16/h4-13H,1-3H3,(H,21,22). The number of carbonyl (C=O) groups excluding carboxylic acids is 1. The number of nitrogens with one attached hydrogen (secondary N) is 1. The number of ether oxygens (including phenoxy) is 2. The third kappa shape index (κ3) is 5.42. The minimum Gasteiger partial charge on any atom is -0.493 e. The topological polar surface area (TPSA) is 47.6 Å². The lowest BCUT2D eigenvalue weighted by atomic mass is 10.2. The third-order valence-electron chi connectivity index (χ3n) is 3.07. The Morgan fingerprint density at radius 1 is 1.17 bits per heavy atom. The van der Waals surface area contributed by atoms with Crippen molar-refractivity contribution in [2.45, 2.75) is 20.0 Å². The van der Waals surface area contributed by atoms with E-state index in [-0.39, 0.29) is 12.0 Å². The van der Waals surface area contributed by atoms with Crippen molar-refractivity contribution in [1.82, 2.24) is 0 Å². The van der Waals surface area contributed by atoms with Gasteiger partial charge in [-0.1, -0.05) is 28.1 Å². The first-order valence-electron chi connectivity index (χ1n) is 7.57. The van der Waals surface area contributed by atoms with Gasteiger partial charge in [-0.25, -0.2) is 0 Å². The summed E-state index contributed by atoms with van der Waals surface area (Å²) in [6.07, 6.45) is 3.28. The van der Waals surface area contributed by atoms with Crippen LogP contribution in [0.4, 0.5) is 5.69 Å². The van der Waals surface area contributed by atoms with E-state index in [1.54, 1.807) is 13.2 Å². The second-order valence-electron chi connectivity index (χ2n) is 5.41. The number of amides is 1. The van der Waals surface area contributed by atoms with Crippen molar-refractivity contribution in [3.05, 3.63) is 58.6 Å². The van der Waals surface area contributed by atoms with Gasteiger partial charge in [0, 0.05) is 16.2 Å². The van der Waals surface area contributed by atoms with Crippen LogP contribution in [0.3, 0.4) is 0 Å². The highest BCUT2D eigenvalue weighted by Crippen LogP contribution is 2.29. The van der Waals surface area contributed by atoms with Crippen molar-refractivity contribution in [1.29, 1.82) is 0 Å². The fourth-order valence-corrected chi connectivity index (χ4v) is 2.46. The second kappa shape index (κ2) is 8.55. The molecule has 2 rings (SSSR count). The van der Waals surface area contributed by atoms with Gasteiger partial charge in [-0.15, -0.1) is 0 Å². The average Bonchev–Trinajstić information content (AvgIpc) is 2.53. The summed E-state index contributed by atoms with van der Waals surface area (Å²) in [7, 11) is 1.59. The Balaban J connectivity index is 2.06. The second-order valence-corrected chi connectivity index (χ2v) is 6.33. The molecule has 0 heterocycles. The van der Waals surface area contributed by atoms with Gasteiger partial charge in [-0.2, -0.15) is 0 Å². The smallest absolute Gasteiger partial charge is 0.248 e. The van der Waals surface area contributed by atoms with E-state index in [0.29, 0.717) is 11.5 Å². The SMILES string of the molecule is COc1cc(C=CC(=O)Nc2cccc(Br)c2)ccc1OC(C)C. The van der Waals surface area contributed by atoms with Gasteiger partial charge in [-0.05, 0) is 55.8 Å². The summed E-state index contributed by atoms with van der Waals surface area (Å²) in [6.45, 7) is 3.92. The van der Waals surface area contributed by atoms with Crippen LogP contribution in [-0.4, -0.2) is 19.1 Å². The molecule has 1 amide bonds. The lowest BCUT2D eigenvalue weighted by Crippen LogP contribution is -2.07. The van der Waals surface area contributed by atoms with Gasteiger partial charge in [-0.3, -0.25) is 4.79 Å². The average molecular weight is 390 g/mol. The van der Waals surface area contributed by atoms with Crippen LogP contribution in [0.2, 0.25) is 0 Å². The van der Waals surface area contributed by atoms with Gasteiger partial charge in [0.15, 0.2) is 11.5 Å². The van der Waals surface area contributed by atoms with E-state index in [0.717, 1.165) is 15.7 Å². The molecule has 0 spiro atoms. The normalized spacial score (nSPS) is 10.9. The minimum atomic E-state index is -0.199. The molecule has 4 nitrogen and oxygen atoms in total. The molecule has 0 aliphatic rings. The predicted octanol–water partition coefficient (Wildman–Crippen LogP) is 4.90. The summed E-state index contributed by atoms with van der Waals surface area (Å²) in [5.74, 6) is 1.12. The molecule has 1 N–H and O–H groups in total. The number of carbonyl (C=O) groups is 1. The molecule has 0 bridgehead atoms. The van der Waals surface area contributed by atoms with Crippen molar-refractivity contribution in [2.24, 2.45) is 0 Å². The van der Waals surface area contributed by atoms with Crippen LogP contribution in [0.15, 0.2) is 53.0 Å². The Hall–Kier alpha value is -2.27. The maximum Gasteiger partial charge on any atom is 0.248 e. The summed E-state index contributed by atoms with van der Waals surface area (Å²) in [5, 5.41) is 2.81. The van der Waals surface area contributed by atoms with E-state index in [1.165, 1.54) is 6.08 Å². The van der Waals surface area contributed by atoms with E-state index < -0.39 is 0 Å². The van der Waals surface area contributed by atoms with Crippen molar-refractivity contribution in [3.63, 3.8) is 0 Å². The zero-order chi connectivity index (χ0) is 17.5. The zero-order valence-electron chi connectivity index (χ0n) is 13.9. The highest BCUT2D eigenvalue weighted by molar-refractivity contribution is 9.10. The van der Waals surface area contributed by atoms with Crippen molar-refractivity contribution >= 4 is 33.6 Å². The van der Waals surface area contributed by atoms with Crippen LogP contribution < -0.4 is 14.8 Å². The maximum atomic E-state index is 12.0. The van der Waals surface area contributed by atoms with E-state index in [1.807, 2.05) is 56.3 Å². The van der Waals surface area contributed by atoms with Crippen LogP contribution in [0.5, 0.6) is 11.5 Å². The number of hydrogen-bond acceptors (Lipinski definition) is 3. The highest BCUT2D eigenvalue weighted by atomic mass is 79.9. The van der Waals surface area contributed by atoms with Gasteiger partial charge in [0.05, 0.1) is 13.2 Å². The molecule has 0 fully saturated rings. The molecule has 0 aromatic heterocycles. The van der Waals surface area contributed by atoms with E-state index in [4.69, 9.17) is 9.47 Å². The number of anilines is 1. The number of hydrogen-bond donors (Lipinski definition) is 1. The molecule has 126 valence electrons. The minimum absolute atomic E-state index is 0.0660. The van der Waals surface area contributed by atoms with Crippen molar-refractivity contribution < 1.29 is 14.3 Å². The fraction of sp³-hybridized carbons (Fsp3) is 0.211.